The van der Waals surface area contributed by atoms with Crippen LogP contribution in [-0.2, 0) is 51.1 Å². The van der Waals surface area contributed by atoms with Crippen LogP contribution in [0.5, 0.6) is 0 Å². The minimum Gasteiger partial charge on any atom is -0.469 e. The molecule has 62 heavy (non-hydrogen) atoms. The summed E-state index contributed by atoms with van der Waals surface area (Å²) in [6.07, 6.45) is 4.66. The van der Waals surface area contributed by atoms with Gasteiger partial charge < -0.3 is 24.2 Å². The maximum Gasteiger partial charge on any atom is 0.306 e. The average molecular weight is 852 g/mol. The van der Waals surface area contributed by atoms with E-state index in [1.165, 1.54) is 26.4 Å². The van der Waals surface area contributed by atoms with Crippen LogP contribution >= 0.6 is 0 Å². The summed E-state index contributed by atoms with van der Waals surface area (Å²) >= 11 is 0. The van der Waals surface area contributed by atoms with E-state index in [0.717, 1.165) is 53.6 Å². The summed E-state index contributed by atoms with van der Waals surface area (Å²) in [5.74, 6) is -2.84. The van der Waals surface area contributed by atoms with Gasteiger partial charge in [0.25, 0.3) is 0 Å². The quantitative estimate of drug-likeness (QED) is 0.125. The number of carbonyl (C=O) groups excluding carboxylic acids is 6. The number of carbonyl (C=O) groups is 6. The standard InChI is InChI=1S/C50H62FN3O8/c1-31(2)39(29-47(57)61-5)49(59)52-25-7-9-43(52)45(55)27-33-11-15-35(16-12-33)41-23-24-42(54(41)38-21-19-37(51)20-22-38)36-17-13-34(14-18-36)28-46(56)44-10-8-26-53(44)50(60)40(32(3)4)30-48(58)62-6/h11-22,31-32,39-44H,7-10,23-30H2,1-6H3/t39-,40-,41?,42?,43-,44-/m0/s1. The first-order valence-electron chi connectivity index (χ1n) is 22.2. The first kappa shape index (κ1) is 46.1. The van der Waals surface area contributed by atoms with Gasteiger partial charge in [-0.15, -0.1) is 0 Å². The lowest BCUT2D eigenvalue weighted by Crippen LogP contribution is -2.45. The van der Waals surface area contributed by atoms with Crippen LogP contribution in [0.2, 0.25) is 0 Å². The van der Waals surface area contributed by atoms with Crippen LogP contribution < -0.4 is 4.90 Å². The minimum atomic E-state index is -0.548. The number of hydrogen-bond donors (Lipinski definition) is 0. The molecule has 3 aliphatic heterocycles. The molecule has 3 aromatic carbocycles. The number of amides is 2. The Balaban J connectivity index is 1.13. The smallest absolute Gasteiger partial charge is 0.306 e. The molecule has 3 heterocycles. The minimum absolute atomic E-state index is 0.0135. The number of anilines is 1. The predicted octanol–water partition coefficient (Wildman–Crippen LogP) is 7.78. The zero-order valence-corrected chi connectivity index (χ0v) is 37.0. The van der Waals surface area contributed by atoms with Crippen molar-refractivity contribution in [3.63, 3.8) is 0 Å². The number of likely N-dealkylation sites (tertiary alicyclic amines) is 2. The molecule has 0 bridgehead atoms. The maximum atomic E-state index is 14.2. The Bertz CT molecular complexity index is 1940. The average Bonchev–Trinajstić information content (AvgIpc) is 4.06. The van der Waals surface area contributed by atoms with E-state index in [4.69, 9.17) is 9.47 Å². The molecule has 6 atom stereocenters. The second-order valence-corrected chi connectivity index (χ2v) is 17.9. The molecule has 2 unspecified atom stereocenters. The Kier molecular flexibility index (Phi) is 15.4. The molecule has 3 aromatic rings. The van der Waals surface area contributed by atoms with Crippen molar-refractivity contribution in [3.8, 4) is 0 Å². The Morgan fingerprint density at radius 2 is 0.968 bits per heavy atom. The number of nitrogens with zero attached hydrogens (tertiary/aromatic N) is 3. The van der Waals surface area contributed by atoms with Crippen molar-refractivity contribution in [3.05, 3.63) is 101 Å². The van der Waals surface area contributed by atoms with Gasteiger partial charge in [0.15, 0.2) is 11.6 Å². The normalized spacial score (nSPS) is 21.0. The molecule has 12 heteroatoms. The number of hydrogen-bond acceptors (Lipinski definition) is 9. The van der Waals surface area contributed by atoms with Crippen LogP contribution in [0.4, 0.5) is 10.1 Å². The monoisotopic (exact) mass is 851 g/mol. The first-order valence-corrected chi connectivity index (χ1v) is 22.2. The molecule has 3 saturated heterocycles. The van der Waals surface area contributed by atoms with Crippen LogP contribution in [0.25, 0.3) is 0 Å². The molecule has 0 spiro atoms. The van der Waals surface area contributed by atoms with E-state index in [9.17, 15) is 33.2 Å². The summed E-state index contributed by atoms with van der Waals surface area (Å²) in [5.41, 5.74) is 4.72. The van der Waals surface area contributed by atoms with Crippen molar-refractivity contribution >= 4 is 41.0 Å². The highest BCUT2D eigenvalue weighted by atomic mass is 19.1. The molecule has 332 valence electrons. The van der Waals surface area contributed by atoms with Crippen molar-refractivity contribution < 1.29 is 42.6 Å². The summed E-state index contributed by atoms with van der Waals surface area (Å²) in [7, 11) is 2.62. The summed E-state index contributed by atoms with van der Waals surface area (Å²) in [6, 6.07) is 21.6. The molecular formula is C50H62FN3O8. The zero-order valence-electron chi connectivity index (χ0n) is 37.0. The second kappa shape index (κ2) is 20.7. The topological polar surface area (TPSA) is 131 Å². The van der Waals surface area contributed by atoms with Crippen molar-refractivity contribution in [2.75, 3.05) is 32.2 Å². The van der Waals surface area contributed by atoms with Crippen LogP contribution in [0.15, 0.2) is 72.8 Å². The van der Waals surface area contributed by atoms with Gasteiger partial charge in [0.1, 0.15) is 5.82 Å². The number of ether oxygens (including phenoxy) is 2. The summed E-state index contributed by atoms with van der Waals surface area (Å²) in [5, 5.41) is 0. The number of rotatable bonds is 17. The number of halogens is 1. The van der Waals surface area contributed by atoms with Crippen molar-refractivity contribution in [1.29, 1.82) is 0 Å². The number of Topliss-reactive ketones (excluding diaryl/α,β-unsaturated/α-hetero) is 2. The van der Waals surface area contributed by atoms with Gasteiger partial charge in [0, 0.05) is 31.6 Å². The number of benzene rings is 3. The molecule has 3 fully saturated rings. The highest BCUT2D eigenvalue weighted by Crippen LogP contribution is 2.47. The van der Waals surface area contributed by atoms with Crippen LogP contribution in [0.1, 0.15) is 113 Å². The van der Waals surface area contributed by atoms with Gasteiger partial charge >= 0.3 is 11.9 Å². The highest BCUT2D eigenvalue weighted by molar-refractivity contribution is 5.93. The van der Waals surface area contributed by atoms with Crippen molar-refractivity contribution in [2.24, 2.45) is 23.7 Å². The Morgan fingerprint density at radius 1 is 0.581 bits per heavy atom. The van der Waals surface area contributed by atoms with Gasteiger partial charge in [-0.3, -0.25) is 28.8 Å². The third-order valence-electron chi connectivity index (χ3n) is 13.3. The van der Waals surface area contributed by atoms with E-state index in [1.807, 2.05) is 52.0 Å². The SMILES string of the molecule is COC(=O)C[C@H](C(=O)N1CCC[C@H]1C(=O)Cc1ccc(C2CCC(c3ccc(CC(=O)[C@@H]4CCCN4C(=O)[C@@H](CC(=O)OC)C(C)C)cc3)N2c2ccc(F)cc2)cc1)C(C)C. The van der Waals surface area contributed by atoms with Gasteiger partial charge in [-0.2, -0.15) is 0 Å². The van der Waals surface area contributed by atoms with Gasteiger partial charge in [0.05, 0.1) is 63.1 Å². The van der Waals surface area contributed by atoms with Gasteiger partial charge in [-0.05, 0) is 96.9 Å². The highest BCUT2D eigenvalue weighted by Gasteiger charge is 2.41. The van der Waals surface area contributed by atoms with Gasteiger partial charge in [-0.25, -0.2) is 4.39 Å². The van der Waals surface area contributed by atoms with E-state index in [1.54, 1.807) is 21.9 Å². The fourth-order valence-corrected chi connectivity index (χ4v) is 9.69. The fraction of sp³-hybridized carbons (Fsp3) is 0.520. The number of ketones is 2. The second-order valence-electron chi connectivity index (χ2n) is 17.9. The van der Waals surface area contributed by atoms with Crippen LogP contribution in [0.3, 0.4) is 0 Å². The Labute approximate surface area is 365 Å². The molecule has 6 rings (SSSR count). The summed E-state index contributed by atoms with van der Waals surface area (Å²) in [4.78, 5) is 84.5. The summed E-state index contributed by atoms with van der Waals surface area (Å²) < 4.78 is 23.9. The molecule has 0 aliphatic carbocycles. The van der Waals surface area contributed by atoms with E-state index in [2.05, 4.69) is 29.2 Å². The molecule has 2 amide bonds. The Morgan fingerprint density at radius 3 is 1.32 bits per heavy atom. The third-order valence-corrected chi connectivity index (χ3v) is 13.3. The molecular weight excluding hydrogens is 790 g/mol. The molecule has 3 aliphatic rings. The van der Waals surface area contributed by atoms with Crippen LogP contribution in [0, 0.1) is 29.5 Å². The molecule has 11 nitrogen and oxygen atoms in total. The van der Waals surface area contributed by atoms with E-state index in [-0.39, 0.29) is 78.8 Å². The van der Waals surface area contributed by atoms with Crippen molar-refractivity contribution in [1.82, 2.24) is 9.80 Å². The largest absolute Gasteiger partial charge is 0.469 e. The lowest BCUT2D eigenvalue weighted by Gasteiger charge is -2.33. The maximum absolute atomic E-state index is 14.2. The first-order chi connectivity index (χ1) is 29.7. The van der Waals surface area contributed by atoms with Crippen LogP contribution in [-0.4, -0.2) is 84.5 Å². The number of esters is 2. The molecule has 0 aromatic heterocycles. The third kappa shape index (κ3) is 10.6. The zero-order chi connectivity index (χ0) is 44.7. The molecule has 0 radical (unpaired) electrons. The fourth-order valence-electron chi connectivity index (χ4n) is 9.69. The number of methoxy groups -OCH3 is 2. The lowest BCUT2D eigenvalue weighted by atomic mass is 9.90. The van der Waals surface area contributed by atoms with Gasteiger partial charge in [-0.1, -0.05) is 76.2 Å². The predicted molar refractivity (Wildman–Crippen MR) is 233 cm³/mol. The molecule has 0 N–H and O–H groups in total. The van der Waals surface area contributed by atoms with E-state index in [0.29, 0.717) is 25.9 Å². The van der Waals surface area contributed by atoms with Gasteiger partial charge in [0.2, 0.25) is 11.8 Å². The Hall–Kier alpha value is -5.39. The summed E-state index contributed by atoms with van der Waals surface area (Å²) in [6.45, 7) is 8.60. The van der Waals surface area contributed by atoms with Crippen molar-refractivity contribution in [2.45, 2.75) is 116 Å². The van der Waals surface area contributed by atoms with E-state index >= 15 is 0 Å². The lowest BCUT2D eigenvalue weighted by molar-refractivity contribution is -0.149. The molecule has 0 saturated carbocycles. The van der Waals surface area contributed by atoms with E-state index < -0.39 is 35.9 Å².